The second kappa shape index (κ2) is 4.45. The number of carbonyl (C=O) groups is 1. The van der Waals surface area contributed by atoms with Gasteiger partial charge in [0.1, 0.15) is 16.5 Å². The van der Waals surface area contributed by atoms with E-state index >= 15 is 0 Å². The molecule has 0 bridgehead atoms. The highest BCUT2D eigenvalue weighted by molar-refractivity contribution is 7.15. The van der Waals surface area contributed by atoms with Crippen LogP contribution in [0.25, 0.3) is 10.6 Å². The van der Waals surface area contributed by atoms with Gasteiger partial charge in [0, 0.05) is 4.88 Å². The number of hydrogen-bond acceptors (Lipinski definition) is 4. The van der Waals surface area contributed by atoms with Crippen LogP contribution < -0.4 is 4.74 Å². The molecule has 0 saturated carbocycles. The van der Waals surface area contributed by atoms with Crippen LogP contribution in [0.5, 0.6) is 5.75 Å². The van der Waals surface area contributed by atoms with Crippen molar-refractivity contribution in [3.05, 3.63) is 34.8 Å². The van der Waals surface area contributed by atoms with Crippen molar-refractivity contribution in [2.75, 3.05) is 7.11 Å². The molecular weight excluding hydrogens is 222 g/mol. The van der Waals surface area contributed by atoms with Crippen LogP contribution in [0, 0.1) is 6.92 Å². The van der Waals surface area contributed by atoms with Crippen LogP contribution in [0.3, 0.4) is 0 Å². The second-order valence-corrected chi connectivity index (χ2v) is 4.48. The molecule has 0 spiro atoms. The molecule has 82 valence electrons. The normalized spacial score (nSPS) is 10.1. The summed E-state index contributed by atoms with van der Waals surface area (Å²) in [6.07, 6.45) is 0.782. The molecule has 1 heterocycles. The number of rotatable bonds is 3. The van der Waals surface area contributed by atoms with Crippen LogP contribution in [0.15, 0.2) is 24.3 Å². The predicted octanol–water partition coefficient (Wildman–Crippen LogP) is 2.94. The zero-order valence-electron chi connectivity index (χ0n) is 9.06. The molecule has 0 fully saturated rings. The van der Waals surface area contributed by atoms with Crippen molar-refractivity contribution >= 4 is 17.6 Å². The van der Waals surface area contributed by atoms with Gasteiger partial charge in [-0.25, -0.2) is 4.98 Å². The highest BCUT2D eigenvalue weighted by Gasteiger charge is 2.11. The van der Waals surface area contributed by atoms with E-state index in [-0.39, 0.29) is 0 Å². The van der Waals surface area contributed by atoms with Crippen molar-refractivity contribution < 1.29 is 9.53 Å². The number of nitrogens with zero attached hydrogens (tertiary/aromatic N) is 1. The van der Waals surface area contributed by atoms with E-state index in [1.54, 1.807) is 7.11 Å². The molecular formula is C12H11NO2S. The molecule has 1 aromatic heterocycles. The summed E-state index contributed by atoms with van der Waals surface area (Å²) in [6.45, 7) is 1.89. The third kappa shape index (κ3) is 1.84. The van der Waals surface area contributed by atoms with E-state index < -0.39 is 0 Å². The summed E-state index contributed by atoms with van der Waals surface area (Å²) in [4.78, 5) is 15.9. The Kier molecular flexibility index (Phi) is 3.01. The molecule has 3 nitrogen and oxygen atoms in total. The zero-order chi connectivity index (χ0) is 11.5. The van der Waals surface area contributed by atoms with Crippen LogP contribution in [-0.4, -0.2) is 18.4 Å². The molecule has 0 unspecified atom stereocenters. The fourth-order valence-electron chi connectivity index (χ4n) is 1.45. The van der Waals surface area contributed by atoms with Gasteiger partial charge in [0.05, 0.1) is 12.7 Å². The summed E-state index contributed by atoms with van der Waals surface area (Å²) in [5, 5.41) is 0.817. The summed E-state index contributed by atoms with van der Waals surface area (Å²) >= 11 is 1.50. The minimum atomic E-state index is 0.505. The molecule has 0 aliphatic carbocycles. The molecule has 16 heavy (non-hydrogen) atoms. The first-order valence-corrected chi connectivity index (χ1v) is 5.64. The lowest BCUT2D eigenvalue weighted by Crippen LogP contribution is -1.87. The smallest absolute Gasteiger partial charge is 0.169 e. The van der Waals surface area contributed by atoms with Crippen LogP contribution in [0.2, 0.25) is 0 Å². The quantitative estimate of drug-likeness (QED) is 0.765. The molecule has 1 aromatic carbocycles. The lowest BCUT2D eigenvalue weighted by molar-refractivity contribution is 0.111. The van der Waals surface area contributed by atoms with Gasteiger partial charge >= 0.3 is 0 Å². The lowest BCUT2D eigenvalue weighted by Gasteiger charge is -2.04. The first kappa shape index (κ1) is 10.8. The van der Waals surface area contributed by atoms with E-state index in [0.717, 1.165) is 27.5 Å². The third-order valence-corrected chi connectivity index (χ3v) is 3.30. The Balaban J connectivity index is 2.53. The number of ether oxygens (including phenoxy) is 1. The van der Waals surface area contributed by atoms with Crippen molar-refractivity contribution in [3.63, 3.8) is 0 Å². The van der Waals surface area contributed by atoms with E-state index in [4.69, 9.17) is 4.74 Å². The van der Waals surface area contributed by atoms with Gasteiger partial charge in [0.25, 0.3) is 0 Å². The van der Waals surface area contributed by atoms with Gasteiger partial charge in [0.2, 0.25) is 0 Å². The maximum absolute atomic E-state index is 10.7. The maximum atomic E-state index is 10.7. The number of methoxy groups -OCH3 is 1. The van der Waals surface area contributed by atoms with Gasteiger partial charge in [-0.15, -0.1) is 11.3 Å². The predicted molar refractivity (Wildman–Crippen MR) is 64.2 cm³/mol. The van der Waals surface area contributed by atoms with E-state index in [9.17, 15) is 4.79 Å². The number of thiazole rings is 1. The average molecular weight is 233 g/mol. The van der Waals surface area contributed by atoms with Gasteiger partial charge in [-0.3, -0.25) is 4.79 Å². The van der Waals surface area contributed by atoms with Crippen LogP contribution in [-0.2, 0) is 0 Å². The zero-order valence-corrected chi connectivity index (χ0v) is 9.88. The summed E-state index contributed by atoms with van der Waals surface area (Å²) in [5.74, 6) is 0.772. The molecule has 0 radical (unpaired) electrons. The van der Waals surface area contributed by atoms with Gasteiger partial charge in [-0.2, -0.15) is 0 Å². The van der Waals surface area contributed by atoms with Gasteiger partial charge in [-0.1, -0.05) is 12.1 Å². The number of benzene rings is 1. The summed E-state index contributed by atoms with van der Waals surface area (Å²) in [5.41, 5.74) is 1.43. The fourth-order valence-corrected chi connectivity index (χ4v) is 2.37. The largest absolute Gasteiger partial charge is 0.496 e. The highest BCUT2D eigenvalue weighted by atomic mass is 32.1. The summed E-state index contributed by atoms with van der Waals surface area (Å²) in [7, 11) is 1.62. The first-order valence-electron chi connectivity index (χ1n) is 4.82. The van der Waals surface area contributed by atoms with Crippen molar-refractivity contribution in [1.82, 2.24) is 4.98 Å². The topological polar surface area (TPSA) is 39.2 Å². The van der Waals surface area contributed by atoms with Crippen LogP contribution in [0.4, 0.5) is 0 Å². The molecule has 2 rings (SSSR count). The average Bonchev–Trinajstić information content (AvgIpc) is 2.70. The second-order valence-electron chi connectivity index (χ2n) is 3.28. The van der Waals surface area contributed by atoms with Gasteiger partial charge in [-0.05, 0) is 19.1 Å². The van der Waals surface area contributed by atoms with Gasteiger partial charge in [0.15, 0.2) is 6.29 Å². The van der Waals surface area contributed by atoms with Crippen molar-refractivity contribution in [3.8, 4) is 16.3 Å². The highest BCUT2D eigenvalue weighted by Crippen LogP contribution is 2.33. The molecule has 4 heteroatoms. The van der Waals surface area contributed by atoms with Crippen LogP contribution in [0.1, 0.15) is 15.4 Å². The Labute approximate surface area is 97.7 Å². The summed E-state index contributed by atoms with van der Waals surface area (Å²) in [6, 6.07) is 7.65. The molecule has 0 saturated heterocycles. The number of para-hydroxylation sites is 1. The van der Waals surface area contributed by atoms with Crippen molar-refractivity contribution in [2.45, 2.75) is 6.92 Å². The Bertz CT molecular complexity index is 519. The van der Waals surface area contributed by atoms with Gasteiger partial charge < -0.3 is 4.74 Å². The monoisotopic (exact) mass is 233 g/mol. The van der Waals surface area contributed by atoms with Crippen molar-refractivity contribution in [2.24, 2.45) is 0 Å². The Hall–Kier alpha value is -1.68. The molecule has 0 atom stereocenters. The molecule has 2 aromatic rings. The van der Waals surface area contributed by atoms with E-state index in [1.165, 1.54) is 11.3 Å². The molecule has 0 N–H and O–H groups in total. The van der Waals surface area contributed by atoms with Crippen molar-refractivity contribution in [1.29, 1.82) is 0 Å². The van der Waals surface area contributed by atoms with E-state index in [0.29, 0.717) is 5.69 Å². The summed E-state index contributed by atoms with van der Waals surface area (Å²) < 4.78 is 5.26. The number of aldehydes is 1. The lowest BCUT2D eigenvalue weighted by atomic mass is 10.2. The Morgan fingerprint density at radius 3 is 2.75 bits per heavy atom. The number of aromatic nitrogens is 1. The minimum absolute atomic E-state index is 0.505. The number of hydrogen-bond donors (Lipinski definition) is 0. The van der Waals surface area contributed by atoms with Crippen LogP contribution >= 0.6 is 11.3 Å². The first-order chi connectivity index (χ1) is 7.76. The SMILES string of the molecule is COc1ccccc1-c1nc(C=O)c(C)s1. The minimum Gasteiger partial charge on any atom is -0.496 e. The Morgan fingerprint density at radius 2 is 2.12 bits per heavy atom. The van der Waals surface area contributed by atoms with E-state index in [2.05, 4.69) is 4.98 Å². The maximum Gasteiger partial charge on any atom is 0.169 e. The third-order valence-electron chi connectivity index (χ3n) is 2.28. The Morgan fingerprint density at radius 1 is 1.38 bits per heavy atom. The molecule has 0 aliphatic heterocycles. The van der Waals surface area contributed by atoms with E-state index in [1.807, 2.05) is 31.2 Å². The molecule has 0 aliphatic rings. The molecule has 0 amide bonds. The number of aryl methyl sites for hydroxylation is 1. The fraction of sp³-hybridized carbons (Fsp3) is 0.167. The number of carbonyl (C=O) groups excluding carboxylic acids is 1. The standard InChI is InChI=1S/C12H11NO2S/c1-8-10(7-14)13-12(16-8)9-5-3-4-6-11(9)15-2/h3-7H,1-2H3.